The molecule has 6 N–H and O–H groups in total. The fourth-order valence-corrected chi connectivity index (χ4v) is 12.3. The Labute approximate surface area is 395 Å². The lowest BCUT2D eigenvalue weighted by Crippen LogP contribution is -2.58. The van der Waals surface area contributed by atoms with Crippen LogP contribution in [-0.4, -0.2) is 96.4 Å². The number of carbonyl (C=O) groups is 1. The van der Waals surface area contributed by atoms with Crippen LogP contribution in [0.3, 0.4) is 0 Å². The molecule has 3 aliphatic heterocycles. The summed E-state index contributed by atoms with van der Waals surface area (Å²) in [5.74, 6) is -0.209. The summed E-state index contributed by atoms with van der Waals surface area (Å²) in [6.45, 7) is 10.4. The van der Waals surface area contributed by atoms with E-state index in [-0.39, 0.29) is 64.3 Å². The first-order valence-electron chi connectivity index (χ1n) is 23.8. The number of anilines is 3. The molecule has 1 amide bonds. The van der Waals surface area contributed by atoms with Gasteiger partial charge in [-0.3, -0.25) is 19.8 Å². The number of nitrogens with zero attached hydrogens (tertiary/aromatic N) is 4. The van der Waals surface area contributed by atoms with E-state index in [1.54, 1.807) is 31.3 Å². The van der Waals surface area contributed by atoms with E-state index in [1.807, 2.05) is 6.07 Å². The number of nitro benzene ring substituents is 1. The molecule has 0 bridgehead atoms. The van der Waals surface area contributed by atoms with Crippen LogP contribution in [0, 0.1) is 21.4 Å². The molecule has 0 unspecified atom stereocenters. The molecule has 5 aliphatic rings. The molecule has 2 atom stereocenters. The minimum atomic E-state index is -4.70. The number of fused-ring (bicyclic) bond motifs is 2. The van der Waals surface area contributed by atoms with Crippen LogP contribution >= 0.6 is 0 Å². The quantitative estimate of drug-likeness (QED) is 0.0624. The lowest BCUT2D eigenvalue weighted by atomic mass is 9.59. The molecular formula is C50H60N8O9S. The van der Waals surface area contributed by atoms with Gasteiger partial charge in [0.25, 0.3) is 21.6 Å². The predicted octanol–water partition coefficient (Wildman–Crippen LogP) is 8.02. The number of carbonyl (C=O) groups excluding carboxylic acids is 1. The minimum Gasteiger partial charge on any atom is -0.489 e. The van der Waals surface area contributed by atoms with Gasteiger partial charge in [0.05, 0.1) is 46.3 Å². The molecule has 68 heavy (non-hydrogen) atoms. The van der Waals surface area contributed by atoms with E-state index in [4.69, 9.17) is 19.9 Å². The Kier molecular flexibility index (Phi) is 12.0. The molecule has 2 aliphatic carbocycles. The lowest BCUT2D eigenvalue weighted by molar-refractivity contribution is -0.384. The van der Waals surface area contributed by atoms with Gasteiger partial charge in [0, 0.05) is 61.1 Å². The molecular weight excluding hydrogens is 889 g/mol. The molecule has 0 radical (unpaired) electrons. The molecule has 5 heterocycles. The third kappa shape index (κ3) is 8.94. The topological polar surface area (TPSA) is 228 Å². The number of nitrogens with two attached hydrogens (primary N) is 1. The number of sulfonamides is 1. The number of ether oxygens (including phenoxy) is 3. The highest BCUT2D eigenvalue weighted by molar-refractivity contribution is 7.90. The molecule has 360 valence electrons. The van der Waals surface area contributed by atoms with Crippen LogP contribution in [0.15, 0.2) is 77.8 Å². The van der Waals surface area contributed by atoms with Crippen LogP contribution in [0.1, 0.15) is 106 Å². The summed E-state index contributed by atoms with van der Waals surface area (Å²) >= 11 is 0. The number of aliphatic hydroxyl groups is 1. The molecule has 10 rings (SSSR count). The Morgan fingerprint density at radius 3 is 2.53 bits per heavy atom. The van der Waals surface area contributed by atoms with Crippen molar-refractivity contribution in [1.82, 2.24) is 19.6 Å². The summed E-state index contributed by atoms with van der Waals surface area (Å²) in [5.41, 5.74) is 9.39. The van der Waals surface area contributed by atoms with Crippen LogP contribution in [0.4, 0.5) is 22.9 Å². The molecule has 2 saturated carbocycles. The van der Waals surface area contributed by atoms with E-state index in [9.17, 15) is 28.4 Å². The lowest BCUT2D eigenvalue weighted by Gasteiger charge is -2.57. The van der Waals surface area contributed by atoms with Gasteiger partial charge >= 0.3 is 0 Å². The smallest absolute Gasteiger partial charge is 0.297 e. The summed E-state index contributed by atoms with van der Waals surface area (Å²) in [5, 5.41) is 26.8. The molecule has 1 spiro atoms. The highest BCUT2D eigenvalue weighted by Gasteiger charge is 2.50. The SMILES string of the molecule is CC(C)c1ccccc1[C@H]1COCCN1C1CC2(CCN(c3ccc(C(=O)NS(=O)(=O)c4cc5c(c([N+](=O)[O-])c4)N[C@@H](C4CCC(C)(O)CC4)CO5)c(Oc4cc5cc[nH]c5nc4N)c3)CC2)C1. The average Bonchev–Trinajstić information content (AvgIpc) is 3.77. The maximum Gasteiger partial charge on any atom is 0.297 e. The first-order valence-corrected chi connectivity index (χ1v) is 25.3. The van der Waals surface area contributed by atoms with Crippen molar-refractivity contribution in [2.45, 2.75) is 107 Å². The number of H-pyrrole nitrogens is 1. The number of rotatable bonds is 11. The van der Waals surface area contributed by atoms with Crippen LogP contribution in [0.5, 0.6) is 17.2 Å². The first kappa shape index (κ1) is 45.8. The molecule has 4 fully saturated rings. The van der Waals surface area contributed by atoms with E-state index >= 15 is 0 Å². The number of nitrogen functional groups attached to an aromatic ring is 1. The van der Waals surface area contributed by atoms with Crippen molar-refractivity contribution in [1.29, 1.82) is 0 Å². The fourth-order valence-electron chi connectivity index (χ4n) is 11.3. The highest BCUT2D eigenvalue weighted by Crippen LogP contribution is 2.53. The standard InChI is InChI=1S/C50H60N8O9S/c1-30(2)36-6-4-5-7-37(36)41-29-65-21-20-57(41)34-26-50(27-34)15-18-56(19-16-50)33-8-9-38(42(23-33)67-44-22-32-12-17-52-47(32)54-46(44)51)48(59)55-68(63,64)35-24-40(58(61)62)45-43(25-35)66-28-39(53-45)31-10-13-49(3,60)14-11-31/h4-9,12,17,22-25,30-31,34,39,41,53,60H,10-11,13-16,18-21,26-29H2,1-3H3,(H,55,59)(H3,51,52,54)/t31?,39-,41-,49?/m1/s1. The number of hydrogen-bond acceptors (Lipinski definition) is 14. The third-order valence-electron chi connectivity index (χ3n) is 15.3. The van der Waals surface area contributed by atoms with Gasteiger partial charge in [-0.25, -0.2) is 18.1 Å². The maximum atomic E-state index is 14.2. The maximum absolute atomic E-state index is 14.2. The van der Waals surface area contributed by atoms with Crippen LogP contribution in [0.2, 0.25) is 0 Å². The summed E-state index contributed by atoms with van der Waals surface area (Å²) < 4.78 is 48.6. The van der Waals surface area contributed by atoms with Crippen molar-refractivity contribution in [3.8, 4) is 17.2 Å². The number of morpholine rings is 1. The molecule has 3 aromatic carbocycles. The highest BCUT2D eigenvalue weighted by atomic mass is 32.2. The van der Waals surface area contributed by atoms with Crippen LogP contribution in [0.25, 0.3) is 11.0 Å². The summed E-state index contributed by atoms with van der Waals surface area (Å²) in [4.78, 5) is 37.8. The normalized spacial score (nSPS) is 24.2. The van der Waals surface area contributed by atoms with Crippen molar-refractivity contribution in [3.05, 3.63) is 99.7 Å². The number of benzene rings is 3. The third-order valence-corrected chi connectivity index (χ3v) is 16.6. The Morgan fingerprint density at radius 2 is 1.78 bits per heavy atom. The summed E-state index contributed by atoms with van der Waals surface area (Å²) in [6, 6.07) is 19.9. The molecule has 5 aromatic rings. The second kappa shape index (κ2) is 17.9. The number of hydrogen-bond donors (Lipinski definition) is 5. The Hall–Kier alpha value is -5.95. The largest absolute Gasteiger partial charge is 0.489 e. The molecule has 2 aromatic heterocycles. The van der Waals surface area contributed by atoms with Gasteiger partial charge < -0.3 is 40.3 Å². The van der Waals surface area contributed by atoms with Gasteiger partial charge in [-0.05, 0) is 111 Å². The van der Waals surface area contributed by atoms with Crippen molar-refractivity contribution in [2.24, 2.45) is 11.3 Å². The van der Waals surface area contributed by atoms with Gasteiger partial charge in [-0.15, -0.1) is 0 Å². The van der Waals surface area contributed by atoms with Crippen molar-refractivity contribution >= 4 is 49.8 Å². The van der Waals surface area contributed by atoms with Crippen LogP contribution in [-0.2, 0) is 14.8 Å². The monoisotopic (exact) mass is 948 g/mol. The van der Waals surface area contributed by atoms with E-state index in [1.165, 1.54) is 23.3 Å². The number of pyridine rings is 1. The van der Waals surface area contributed by atoms with Gasteiger partial charge in [-0.2, -0.15) is 0 Å². The zero-order chi connectivity index (χ0) is 47.5. The van der Waals surface area contributed by atoms with Gasteiger partial charge in [0.15, 0.2) is 23.0 Å². The zero-order valence-electron chi connectivity index (χ0n) is 38.7. The molecule has 18 heteroatoms. The Bertz CT molecular complexity index is 2840. The Morgan fingerprint density at radius 1 is 1.01 bits per heavy atom. The van der Waals surface area contributed by atoms with E-state index in [2.05, 4.69) is 67.9 Å². The molecule has 17 nitrogen and oxygen atoms in total. The number of amides is 1. The second-order valence-corrected chi connectivity index (χ2v) is 21.8. The fraction of sp³-hybridized carbons (Fsp3) is 0.480. The first-order chi connectivity index (χ1) is 32.6. The number of aromatic nitrogens is 2. The van der Waals surface area contributed by atoms with Gasteiger partial charge in [-0.1, -0.05) is 38.1 Å². The van der Waals surface area contributed by atoms with E-state index < -0.39 is 37.0 Å². The van der Waals surface area contributed by atoms with Crippen molar-refractivity contribution in [2.75, 3.05) is 55.4 Å². The number of aromatic amines is 1. The average molecular weight is 949 g/mol. The number of nitro groups is 1. The summed E-state index contributed by atoms with van der Waals surface area (Å²) in [6.07, 6.45) is 8.55. The predicted molar refractivity (Wildman–Crippen MR) is 258 cm³/mol. The van der Waals surface area contributed by atoms with Gasteiger partial charge in [0.1, 0.15) is 18.0 Å². The molecule has 2 saturated heterocycles. The van der Waals surface area contributed by atoms with Crippen LogP contribution < -0.4 is 30.1 Å². The number of piperidine rings is 1. The van der Waals surface area contributed by atoms with Crippen molar-refractivity contribution in [3.63, 3.8) is 0 Å². The van der Waals surface area contributed by atoms with Crippen molar-refractivity contribution < 1.29 is 37.5 Å². The Balaban J connectivity index is 0.867. The minimum absolute atomic E-state index is 0.0129. The summed E-state index contributed by atoms with van der Waals surface area (Å²) in [7, 11) is -4.70. The van der Waals surface area contributed by atoms with Gasteiger partial charge in [0.2, 0.25) is 0 Å². The number of nitrogens with one attached hydrogen (secondary N) is 3. The second-order valence-electron chi connectivity index (χ2n) is 20.1. The zero-order valence-corrected chi connectivity index (χ0v) is 39.5. The van der Waals surface area contributed by atoms with E-state index in [0.717, 1.165) is 69.1 Å². The van der Waals surface area contributed by atoms with E-state index in [0.29, 0.717) is 49.9 Å².